The van der Waals surface area contributed by atoms with Gasteiger partial charge >= 0.3 is 0 Å². The molecule has 0 bridgehead atoms. The zero-order valence-corrected chi connectivity index (χ0v) is 15.7. The molecular formula is C21H19N3OS. The minimum Gasteiger partial charge on any atom is -0.497 e. The van der Waals surface area contributed by atoms with Crippen LogP contribution in [0.15, 0.2) is 53.9 Å². The van der Waals surface area contributed by atoms with Crippen LogP contribution in [-0.4, -0.2) is 21.6 Å². The van der Waals surface area contributed by atoms with Crippen molar-refractivity contribution in [1.29, 1.82) is 0 Å². The van der Waals surface area contributed by atoms with Gasteiger partial charge in [0.2, 0.25) is 0 Å². The van der Waals surface area contributed by atoms with E-state index in [0.29, 0.717) is 0 Å². The lowest BCUT2D eigenvalue weighted by molar-refractivity contribution is 0.414. The highest BCUT2D eigenvalue weighted by Gasteiger charge is 2.16. The van der Waals surface area contributed by atoms with Gasteiger partial charge in [-0.05, 0) is 42.8 Å². The van der Waals surface area contributed by atoms with Crippen LogP contribution < -0.4 is 4.74 Å². The van der Waals surface area contributed by atoms with Gasteiger partial charge in [-0.1, -0.05) is 24.3 Å². The summed E-state index contributed by atoms with van der Waals surface area (Å²) in [6.07, 6.45) is 2.13. The number of hydrogen-bond donors (Lipinski definition) is 0. The number of benzene rings is 2. The topological polar surface area (TPSA) is 39.9 Å². The molecule has 0 N–H and O–H groups in total. The predicted molar refractivity (Wildman–Crippen MR) is 108 cm³/mol. The number of fused-ring (bicyclic) bond motifs is 1. The Hall–Kier alpha value is -2.92. The number of imidazole rings is 1. The van der Waals surface area contributed by atoms with Crippen molar-refractivity contribution in [1.82, 2.24) is 14.5 Å². The summed E-state index contributed by atoms with van der Waals surface area (Å²) in [5, 5.41) is 3.03. The molecule has 0 aliphatic heterocycles. The third-order valence-electron chi connectivity index (χ3n) is 4.28. The molecule has 0 amide bonds. The first-order valence-electron chi connectivity index (χ1n) is 8.36. The Morgan fingerprint density at radius 1 is 1.12 bits per heavy atom. The Kier molecular flexibility index (Phi) is 4.31. The molecule has 0 radical (unpaired) electrons. The lowest BCUT2D eigenvalue weighted by Crippen LogP contribution is -1.99. The average molecular weight is 361 g/mol. The van der Waals surface area contributed by atoms with Crippen LogP contribution in [-0.2, 0) is 7.05 Å². The molecule has 4 rings (SSSR count). The van der Waals surface area contributed by atoms with E-state index in [1.807, 2.05) is 50.4 Å². The number of hydrogen-bond acceptors (Lipinski definition) is 4. The lowest BCUT2D eigenvalue weighted by atomic mass is 10.1. The minimum atomic E-state index is 0.832. The third-order valence-corrected chi connectivity index (χ3v) is 5.28. The molecule has 0 saturated carbocycles. The maximum atomic E-state index is 5.36. The highest BCUT2D eigenvalue weighted by Crippen LogP contribution is 2.30. The van der Waals surface area contributed by atoms with Crippen LogP contribution in [0.3, 0.4) is 0 Å². The van der Waals surface area contributed by atoms with Crippen molar-refractivity contribution >= 4 is 34.0 Å². The Morgan fingerprint density at radius 3 is 2.69 bits per heavy atom. The molecule has 0 fully saturated rings. The SMILES string of the molecule is COc1cccc(/C=C(/c2nc(C)cs2)c2nc3ccccc3n2C)c1. The molecule has 0 aliphatic carbocycles. The van der Waals surface area contributed by atoms with Crippen molar-refractivity contribution in [3.63, 3.8) is 0 Å². The Labute approximate surface area is 156 Å². The highest BCUT2D eigenvalue weighted by molar-refractivity contribution is 7.11. The van der Waals surface area contributed by atoms with E-state index in [9.17, 15) is 0 Å². The maximum absolute atomic E-state index is 5.36. The Balaban J connectivity index is 1.93. The first-order chi connectivity index (χ1) is 12.7. The van der Waals surface area contributed by atoms with Gasteiger partial charge in [0, 0.05) is 18.1 Å². The molecule has 26 heavy (non-hydrogen) atoms. The van der Waals surface area contributed by atoms with Crippen molar-refractivity contribution in [3.05, 3.63) is 76.0 Å². The molecule has 0 spiro atoms. The van der Waals surface area contributed by atoms with Gasteiger partial charge in [-0.25, -0.2) is 9.97 Å². The van der Waals surface area contributed by atoms with Crippen LogP contribution in [0.1, 0.15) is 22.1 Å². The molecule has 130 valence electrons. The van der Waals surface area contributed by atoms with Crippen LogP contribution in [0.25, 0.3) is 22.7 Å². The van der Waals surface area contributed by atoms with Crippen LogP contribution in [0.4, 0.5) is 0 Å². The number of aryl methyl sites for hydroxylation is 2. The second-order valence-corrected chi connectivity index (χ2v) is 6.97. The van der Waals surface area contributed by atoms with E-state index in [1.54, 1.807) is 18.4 Å². The van der Waals surface area contributed by atoms with E-state index in [4.69, 9.17) is 14.7 Å². The minimum absolute atomic E-state index is 0.832. The summed E-state index contributed by atoms with van der Waals surface area (Å²) in [5.41, 5.74) is 5.16. The number of methoxy groups -OCH3 is 1. The molecular weight excluding hydrogens is 342 g/mol. The molecule has 0 unspecified atom stereocenters. The fraction of sp³-hybridized carbons (Fsp3) is 0.143. The summed E-state index contributed by atoms with van der Waals surface area (Å²) in [7, 11) is 3.73. The second-order valence-electron chi connectivity index (χ2n) is 6.11. The number of thiazole rings is 1. The van der Waals surface area contributed by atoms with Crippen molar-refractivity contribution in [3.8, 4) is 5.75 Å². The molecule has 0 saturated heterocycles. The van der Waals surface area contributed by atoms with Crippen LogP contribution in [0.2, 0.25) is 0 Å². The van der Waals surface area contributed by atoms with Crippen molar-refractivity contribution in [2.45, 2.75) is 6.92 Å². The van der Waals surface area contributed by atoms with E-state index in [0.717, 1.165) is 44.4 Å². The summed E-state index contributed by atoms with van der Waals surface area (Å²) in [5.74, 6) is 1.74. The van der Waals surface area contributed by atoms with Gasteiger partial charge in [0.15, 0.2) is 0 Å². The van der Waals surface area contributed by atoms with Gasteiger partial charge < -0.3 is 9.30 Å². The molecule has 5 heteroatoms. The standard InChI is InChI=1S/C21H19N3OS/c1-14-13-26-21(22-14)17(12-15-7-6-8-16(11-15)25-3)20-23-18-9-4-5-10-19(18)24(20)2/h4-13H,1-3H3/b17-12+. The van der Waals surface area contributed by atoms with Crippen LogP contribution >= 0.6 is 11.3 Å². The molecule has 0 atom stereocenters. The largest absolute Gasteiger partial charge is 0.497 e. The van der Waals surface area contributed by atoms with E-state index in [-0.39, 0.29) is 0 Å². The average Bonchev–Trinajstić information content (AvgIpc) is 3.24. The first kappa shape index (κ1) is 16.5. The Bertz CT molecular complexity index is 1110. The van der Waals surface area contributed by atoms with E-state index < -0.39 is 0 Å². The summed E-state index contributed by atoms with van der Waals surface area (Å²) >= 11 is 1.64. The fourth-order valence-electron chi connectivity index (χ4n) is 2.98. The number of aromatic nitrogens is 3. The molecule has 2 aromatic heterocycles. The zero-order chi connectivity index (χ0) is 18.1. The van der Waals surface area contributed by atoms with Crippen LogP contribution in [0, 0.1) is 6.92 Å². The van der Waals surface area contributed by atoms with Crippen LogP contribution in [0.5, 0.6) is 5.75 Å². The van der Waals surface area contributed by atoms with Gasteiger partial charge in [0.25, 0.3) is 0 Å². The maximum Gasteiger partial charge on any atom is 0.143 e. The number of para-hydroxylation sites is 2. The van der Waals surface area contributed by atoms with Gasteiger partial charge in [-0.3, -0.25) is 0 Å². The number of nitrogens with zero attached hydrogens (tertiary/aromatic N) is 3. The van der Waals surface area contributed by atoms with Gasteiger partial charge in [-0.15, -0.1) is 11.3 Å². The molecule has 2 aromatic carbocycles. The van der Waals surface area contributed by atoms with Crippen molar-refractivity contribution in [2.24, 2.45) is 7.05 Å². The number of ether oxygens (including phenoxy) is 1. The summed E-state index contributed by atoms with van der Waals surface area (Å²) < 4.78 is 7.48. The first-order valence-corrected chi connectivity index (χ1v) is 9.24. The number of rotatable bonds is 4. The second kappa shape index (κ2) is 6.77. The van der Waals surface area contributed by atoms with Crippen molar-refractivity contribution < 1.29 is 4.74 Å². The van der Waals surface area contributed by atoms with E-state index in [2.05, 4.69) is 28.2 Å². The quantitative estimate of drug-likeness (QED) is 0.517. The molecule has 2 heterocycles. The monoisotopic (exact) mass is 361 g/mol. The Morgan fingerprint density at radius 2 is 1.96 bits per heavy atom. The normalized spacial score (nSPS) is 11.9. The summed E-state index contributed by atoms with van der Waals surface area (Å²) in [6.45, 7) is 2.01. The van der Waals surface area contributed by atoms with E-state index in [1.165, 1.54) is 0 Å². The fourth-order valence-corrected chi connectivity index (χ4v) is 3.79. The smallest absolute Gasteiger partial charge is 0.143 e. The summed E-state index contributed by atoms with van der Waals surface area (Å²) in [6, 6.07) is 16.2. The van der Waals surface area contributed by atoms with Crippen molar-refractivity contribution in [2.75, 3.05) is 7.11 Å². The predicted octanol–water partition coefficient (Wildman–Crippen LogP) is 4.94. The lowest BCUT2D eigenvalue weighted by Gasteiger charge is -2.07. The van der Waals surface area contributed by atoms with Gasteiger partial charge in [-0.2, -0.15) is 0 Å². The summed E-state index contributed by atoms with van der Waals surface area (Å²) in [4.78, 5) is 9.57. The molecule has 0 aliphatic rings. The van der Waals surface area contributed by atoms with E-state index >= 15 is 0 Å². The van der Waals surface area contributed by atoms with Gasteiger partial charge in [0.1, 0.15) is 16.6 Å². The highest BCUT2D eigenvalue weighted by atomic mass is 32.1. The molecule has 4 nitrogen and oxygen atoms in total. The van der Waals surface area contributed by atoms with Gasteiger partial charge in [0.05, 0.1) is 23.7 Å². The zero-order valence-electron chi connectivity index (χ0n) is 14.9. The third kappa shape index (κ3) is 3.02. The molecule has 4 aromatic rings.